The molecule has 2 aliphatic heterocycles. The number of carbonyl (C=O) groups is 2. The van der Waals surface area contributed by atoms with E-state index in [0.29, 0.717) is 29.6 Å². The molecule has 4 saturated carbocycles. The zero-order valence-corrected chi connectivity index (χ0v) is 18.7. The molecule has 6 fully saturated rings. The molecular weight excluding hydrogens is 380 g/mol. The number of fused-ring (bicyclic) bond motifs is 8. The average Bonchev–Trinajstić information content (AvgIpc) is 3.36. The highest BCUT2D eigenvalue weighted by atomic mass is 16.7. The molecule has 1 spiro atoms. The maximum absolute atomic E-state index is 11.8. The summed E-state index contributed by atoms with van der Waals surface area (Å²) in [7, 11) is 0. The highest BCUT2D eigenvalue weighted by Crippen LogP contribution is 2.74. The summed E-state index contributed by atoms with van der Waals surface area (Å²) < 4.78 is 17.9. The standard InChI is InChI=1S/C25H36O5/c1-14(26)28-16-6-9-23(2)15(12-16)4-5-20-19(23)8-11-25(20)10-7-18-17-13-21(27)29-22(17)30-24(18,25)3/h15-20,22H,4-13H2,1-3H3/t15-,16+,17-,18-,19?,20?,22+,23+,24+,25?/m1/s1. The van der Waals surface area contributed by atoms with Crippen molar-refractivity contribution in [1.82, 2.24) is 0 Å². The third-order valence-electron chi connectivity index (χ3n) is 11.1. The summed E-state index contributed by atoms with van der Waals surface area (Å²) in [5.41, 5.74) is 0.471. The second-order valence-electron chi connectivity index (χ2n) is 11.8. The molecule has 166 valence electrons. The first kappa shape index (κ1) is 19.6. The Morgan fingerprint density at radius 3 is 2.53 bits per heavy atom. The van der Waals surface area contributed by atoms with E-state index in [1.54, 1.807) is 0 Å². The molecule has 6 rings (SSSR count). The Bertz CT molecular complexity index is 780. The Morgan fingerprint density at radius 2 is 1.77 bits per heavy atom. The van der Waals surface area contributed by atoms with E-state index in [1.165, 1.54) is 51.9 Å². The maximum Gasteiger partial charge on any atom is 0.308 e. The SMILES string of the molecule is CC(=O)O[C@H]1CC[C@]2(C)C3CCC4(CC[C@@H]5[C@H]6CC(=O)O[C@H]6O[C@@]54C)C3CC[C@@H]2C1. The van der Waals surface area contributed by atoms with Gasteiger partial charge in [-0.3, -0.25) is 9.59 Å². The van der Waals surface area contributed by atoms with Gasteiger partial charge in [0.1, 0.15) is 6.10 Å². The molecule has 0 aromatic rings. The zero-order valence-electron chi connectivity index (χ0n) is 18.7. The van der Waals surface area contributed by atoms with Crippen LogP contribution in [0.5, 0.6) is 0 Å². The molecule has 6 aliphatic rings. The Labute approximate surface area is 179 Å². The molecule has 2 heterocycles. The van der Waals surface area contributed by atoms with Crippen molar-refractivity contribution < 1.29 is 23.8 Å². The Kier molecular flexibility index (Phi) is 4.07. The van der Waals surface area contributed by atoms with Crippen LogP contribution in [0.4, 0.5) is 0 Å². The fraction of sp³-hybridized carbons (Fsp3) is 0.920. The lowest BCUT2D eigenvalue weighted by Crippen LogP contribution is -2.54. The first-order valence-electron chi connectivity index (χ1n) is 12.3. The lowest BCUT2D eigenvalue weighted by atomic mass is 9.49. The van der Waals surface area contributed by atoms with Crippen LogP contribution >= 0.6 is 0 Å². The van der Waals surface area contributed by atoms with Crippen LogP contribution in [0.1, 0.15) is 85.0 Å². The van der Waals surface area contributed by atoms with Crippen LogP contribution in [0.15, 0.2) is 0 Å². The summed E-state index contributed by atoms with van der Waals surface area (Å²) in [6.45, 7) is 6.44. The van der Waals surface area contributed by atoms with E-state index in [0.717, 1.165) is 18.8 Å². The van der Waals surface area contributed by atoms with E-state index in [2.05, 4.69) is 13.8 Å². The van der Waals surface area contributed by atoms with E-state index in [4.69, 9.17) is 14.2 Å². The van der Waals surface area contributed by atoms with Crippen LogP contribution in [-0.2, 0) is 23.8 Å². The maximum atomic E-state index is 11.8. The van der Waals surface area contributed by atoms with Gasteiger partial charge < -0.3 is 14.2 Å². The molecule has 30 heavy (non-hydrogen) atoms. The normalized spacial score (nSPS) is 56.2. The van der Waals surface area contributed by atoms with E-state index in [1.807, 2.05) is 0 Å². The highest BCUT2D eigenvalue weighted by molar-refractivity contribution is 5.72. The van der Waals surface area contributed by atoms with E-state index < -0.39 is 0 Å². The summed E-state index contributed by atoms with van der Waals surface area (Å²) in [5.74, 6) is 2.67. The predicted molar refractivity (Wildman–Crippen MR) is 109 cm³/mol. The highest BCUT2D eigenvalue weighted by Gasteiger charge is 2.73. The molecule has 4 aliphatic carbocycles. The number of rotatable bonds is 1. The topological polar surface area (TPSA) is 61.8 Å². The van der Waals surface area contributed by atoms with Crippen LogP contribution in [0, 0.1) is 40.4 Å². The van der Waals surface area contributed by atoms with Gasteiger partial charge in [-0.25, -0.2) is 0 Å². The van der Waals surface area contributed by atoms with Crippen LogP contribution in [0.25, 0.3) is 0 Å². The Balaban J connectivity index is 1.26. The fourth-order valence-electron chi connectivity index (χ4n) is 9.79. The first-order chi connectivity index (χ1) is 14.3. The summed E-state index contributed by atoms with van der Waals surface area (Å²) in [5, 5.41) is 0. The number of hydrogen-bond acceptors (Lipinski definition) is 5. The Hall–Kier alpha value is -1.10. The average molecular weight is 417 g/mol. The number of hydrogen-bond donors (Lipinski definition) is 0. The van der Waals surface area contributed by atoms with Gasteiger partial charge in [-0.15, -0.1) is 0 Å². The third kappa shape index (κ3) is 2.34. The predicted octanol–water partition coefficient (Wildman–Crippen LogP) is 4.62. The van der Waals surface area contributed by atoms with Gasteiger partial charge in [-0.05, 0) is 93.8 Å². The number of ether oxygens (including phenoxy) is 3. The Morgan fingerprint density at radius 1 is 1.00 bits per heavy atom. The molecule has 5 heteroatoms. The van der Waals surface area contributed by atoms with E-state index in [9.17, 15) is 9.59 Å². The molecular formula is C25H36O5. The molecule has 0 N–H and O–H groups in total. The molecule has 0 bridgehead atoms. The second kappa shape index (κ2) is 6.24. The first-order valence-corrected chi connectivity index (χ1v) is 12.3. The molecule has 0 aromatic heterocycles. The molecule has 0 radical (unpaired) electrons. The monoisotopic (exact) mass is 416 g/mol. The van der Waals surface area contributed by atoms with Crippen LogP contribution in [0.2, 0.25) is 0 Å². The molecule has 0 amide bonds. The van der Waals surface area contributed by atoms with Crippen molar-refractivity contribution in [3.05, 3.63) is 0 Å². The van der Waals surface area contributed by atoms with Gasteiger partial charge in [-0.1, -0.05) is 6.92 Å². The summed E-state index contributed by atoms with van der Waals surface area (Å²) in [4.78, 5) is 23.3. The van der Waals surface area contributed by atoms with Gasteiger partial charge in [0.2, 0.25) is 6.29 Å². The zero-order chi connectivity index (χ0) is 20.9. The van der Waals surface area contributed by atoms with Gasteiger partial charge in [0, 0.05) is 18.3 Å². The molecule has 5 nitrogen and oxygen atoms in total. The lowest BCUT2D eigenvalue weighted by molar-refractivity contribution is -0.208. The van der Waals surface area contributed by atoms with Crippen molar-refractivity contribution in [2.45, 2.75) is 103 Å². The summed E-state index contributed by atoms with van der Waals surface area (Å²) >= 11 is 0. The van der Waals surface area contributed by atoms with Gasteiger partial charge in [0.15, 0.2) is 0 Å². The third-order valence-corrected chi connectivity index (χ3v) is 11.1. The molecule has 2 saturated heterocycles. The van der Waals surface area contributed by atoms with Gasteiger partial charge in [0.05, 0.1) is 12.0 Å². The number of carbonyl (C=O) groups excluding carboxylic acids is 2. The van der Waals surface area contributed by atoms with Crippen molar-refractivity contribution in [2.75, 3.05) is 0 Å². The smallest absolute Gasteiger partial charge is 0.308 e. The lowest BCUT2D eigenvalue weighted by Gasteiger charge is -2.57. The van der Waals surface area contributed by atoms with Gasteiger partial charge in [0.25, 0.3) is 0 Å². The van der Waals surface area contributed by atoms with Crippen molar-refractivity contribution in [2.24, 2.45) is 40.4 Å². The van der Waals surface area contributed by atoms with E-state index in [-0.39, 0.29) is 41.3 Å². The fourth-order valence-corrected chi connectivity index (χ4v) is 9.79. The van der Waals surface area contributed by atoms with Crippen LogP contribution in [0.3, 0.4) is 0 Å². The molecule has 3 unspecified atom stereocenters. The summed E-state index contributed by atoms with van der Waals surface area (Å²) in [6.07, 6.45) is 11.1. The second-order valence-corrected chi connectivity index (χ2v) is 11.8. The van der Waals surface area contributed by atoms with Crippen molar-refractivity contribution in [3.8, 4) is 0 Å². The molecule has 0 aromatic carbocycles. The minimum Gasteiger partial charge on any atom is -0.463 e. The summed E-state index contributed by atoms with van der Waals surface area (Å²) in [6, 6.07) is 0. The van der Waals surface area contributed by atoms with Crippen molar-refractivity contribution >= 4 is 11.9 Å². The van der Waals surface area contributed by atoms with Crippen molar-refractivity contribution in [1.29, 1.82) is 0 Å². The minimum atomic E-state index is -0.296. The largest absolute Gasteiger partial charge is 0.463 e. The minimum absolute atomic E-state index is 0.0742. The van der Waals surface area contributed by atoms with E-state index >= 15 is 0 Å². The van der Waals surface area contributed by atoms with Crippen LogP contribution in [-0.4, -0.2) is 29.9 Å². The van der Waals surface area contributed by atoms with Crippen LogP contribution < -0.4 is 0 Å². The quantitative estimate of drug-likeness (QED) is 0.584. The number of esters is 2. The van der Waals surface area contributed by atoms with Crippen molar-refractivity contribution in [3.63, 3.8) is 0 Å². The van der Waals surface area contributed by atoms with Gasteiger partial charge in [-0.2, -0.15) is 0 Å². The molecule has 10 atom stereocenters. The van der Waals surface area contributed by atoms with Gasteiger partial charge >= 0.3 is 11.9 Å².